The Morgan fingerprint density at radius 3 is 2.45 bits per heavy atom. The van der Waals surface area contributed by atoms with Gasteiger partial charge < -0.3 is 15.4 Å². The third-order valence-corrected chi connectivity index (χ3v) is 3.10. The zero-order valence-corrected chi connectivity index (χ0v) is 13.3. The molecule has 1 amide bonds. The summed E-state index contributed by atoms with van der Waals surface area (Å²) in [6.07, 6.45) is 0. The molecule has 0 radical (unpaired) electrons. The van der Waals surface area contributed by atoms with Crippen LogP contribution in [0.2, 0.25) is 0 Å². The van der Waals surface area contributed by atoms with Crippen molar-refractivity contribution in [3.63, 3.8) is 0 Å². The van der Waals surface area contributed by atoms with Crippen LogP contribution in [0.3, 0.4) is 0 Å². The summed E-state index contributed by atoms with van der Waals surface area (Å²) in [6, 6.07) is 13.5. The molecule has 0 aromatic heterocycles. The number of hydrogen-bond donors (Lipinski definition) is 2. The van der Waals surface area contributed by atoms with Gasteiger partial charge in [-0.15, -0.1) is 0 Å². The van der Waals surface area contributed by atoms with Crippen molar-refractivity contribution in [2.75, 3.05) is 23.8 Å². The van der Waals surface area contributed by atoms with Crippen molar-refractivity contribution in [2.45, 2.75) is 20.8 Å². The first-order valence-corrected chi connectivity index (χ1v) is 7.41. The number of anilines is 2. The van der Waals surface area contributed by atoms with E-state index in [1.165, 1.54) is 11.1 Å². The Hall–Kier alpha value is -2.49. The number of nitrogens with one attached hydrogen (secondary N) is 2. The zero-order valence-electron chi connectivity index (χ0n) is 13.3. The number of hydrogen-bond acceptors (Lipinski definition) is 3. The number of rotatable bonds is 6. The fraction of sp³-hybridized carbons (Fsp3) is 0.278. The third-order valence-electron chi connectivity index (χ3n) is 3.10. The van der Waals surface area contributed by atoms with Crippen molar-refractivity contribution in [3.8, 4) is 5.75 Å². The smallest absolute Gasteiger partial charge is 0.243 e. The van der Waals surface area contributed by atoms with Crippen LogP contribution >= 0.6 is 0 Å². The van der Waals surface area contributed by atoms with Gasteiger partial charge in [-0.2, -0.15) is 0 Å². The number of ether oxygens (including phenoxy) is 1. The monoisotopic (exact) mass is 298 g/mol. The van der Waals surface area contributed by atoms with Gasteiger partial charge in [-0.25, -0.2) is 0 Å². The van der Waals surface area contributed by atoms with Crippen molar-refractivity contribution in [3.05, 3.63) is 53.6 Å². The van der Waals surface area contributed by atoms with E-state index < -0.39 is 0 Å². The highest BCUT2D eigenvalue weighted by Crippen LogP contribution is 2.17. The van der Waals surface area contributed by atoms with Gasteiger partial charge in [0.2, 0.25) is 5.91 Å². The maximum atomic E-state index is 12.0. The number of benzene rings is 2. The highest BCUT2D eigenvalue weighted by Gasteiger charge is 2.04. The lowest BCUT2D eigenvalue weighted by atomic mass is 10.1. The molecule has 0 aliphatic carbocycles. The number of carbonyl (C=O) groups is 1. The van der Waals surface area contributed by atoms with Crippen LogP contribution in [0.1, 0.15) is 18.1 Å². The second-order valence-electron chi connectivity index (χ2n) is 5.24. The molecule has 4 nitrogen and oxygen atoms in total. The topological polar surface area (TPSA) is 50.4 Å². The summed E-state index contributed by atoms with van der Waals surface area (Å²) in [5.41, 5.74) is 4.04. The molecule has 0 heterocycles. The Kier molecular flexibility index (Phi) is 5.42. The van der Waals surface area contributed by atoms with E-state index in [9.17, 15) is 4.79 Å². The molecule has 2 aromatic carbocycles. The van der Waals surface area contributed by atoms with E-state index in [1.54, 1.807) is 0 Å². The fourth-order valence-electron chi connectivity index (χ4n) is 2.29. The molecule has 2 N–H and O–H groups in total. The molecule has 0 unspecified atom stereocenters. The third kappa shape index (κ3) is 4.81. The molecule has 0 saturated heterocycles. The molecule has 0 bridgehead atoms. The van der Waals surface area contributed by atoms with Crippen LogP contribution < -0.4 is 15.4 Å². The van der Waals surface area contributed by atoms with Crippen molar-refractivity contribution in [1.29, 1.82) is 0 Å². The molecular formula is C18H22N2O2. The SMILES string of the molecule is CCOc1cccc(NC(=O)CNc2cc(C)cc(C)c2)c1. The molecule has 4 heteroatoms. The predicted molar refractivity (Wildman–Crippen MR) is 90.6 cm³/mol. The van der Waals surface area contributed by atoms with Crippen LogP contribution in [0.5, 0.6) is 5.75 Å². The second kappa shape index (κ2) is 7.50. The minimum Gasteiger partial charge on any atom is -0.494 e. The molecular weight excluding hydrogens is 276 g/mol. The Bertz CT molecular complexity index is 633. The maximum Gasteiger partial charge on any atom is 0.243 e. The number of carbonyl (C=O) groups excluding carboxylic acids is 1. The van der Waals surface area contributed by atoms with Crippen molar-refractivity contribution in [2.24, 2.45) is 0 Å². The van der Waals surface area contributed by atoms with Gasteiger partial charge in [0.05, 0.1) is 13.2 Å². The van der Waals surface area contributed by atoms with E-state index in [2.05, 4.69) is 16.7 Å². The highest BCUT2D eigenvalue weighted by atomic mass is 16.5. The lowest BCUT2D eigenvalue weighted by molar-refractivity contribution is -0.114. The fourth-order valence-corrected chi connectivity index (χ4v) is 2.29. The van der Waals surface area contributed by atoms with E-state index in [0.29, 0.717) is 6.61 Å². The summed E-state index contributed by atoms with van der Waals surface area (Å²) in [5.74, 6) is 0.662. The Morgan fingerprint density at radius 2 is 1.77 bits per heavy atom. The Balaban J connectivity index is 1.91. The van der Waals surface area contributed by atoms with Crippen molar-refractivity contribution in [1.82, 2.24) is 0 Å². The van der Waals surface area contributed by atoms with Crippen molar-refractivity contribution < 1.29 is 9.53 Å². The van der Waals surface area contributed by atoms with Gasteiger partial charge in [0.1, 0.15) is 5.75 Å². The van der Waals surface area contributed by atoms with Crippen LogP contribution in [-0.2, 0) is 4.79 Å². The van der Waals surface area contributed by atoms with Crippen LogP contribution in [0.4, 0.5) is 11.4 Å². The summed E-state index contributed by atoms with van der Waals surface area (Å²) in [7, 11) is 0. The molecule has 116 valence electrons. The highest BCUT2D eigenvalue weighted by molar-refractivity contribution is 5.93. The molecule has 0 fully saturated rings. The largest absolute Gasteiger partial charge is 0.494 e. The number of amides is 1. The quantitative estimate of drug-likeness (QED) is 0.854. The van der Waals surface area contributed by atoms with Gasteiger partial charge in [-0.3, -0.25) is 4.79 Å². The first-order chi connectivity index (χ1) is 10.6. The zero-order chi connectivity index (χ0) is 15.9. The lowest BCUT2D eigenvalue weighted by Crippen LogP contribution is -2.21. The van der Waals surface area contributed by atoms with E-state index in [0.717, 1.165) is 17.1 Å². The molecule has 0 atom stereocenters. The lowest BCUT2D eigenvalue weighted by Gasteiger charge is -2.10. The summed E-state index contributed by atoms with van der Waals surface area (Å²) in [5, 5.41) is 6.00. The summed E-state index contributed by atoms with van der Waals surface area (Å²) in [6.45, 7) is 6.83. The minimum absolute atomic E-state index is 0.0900. The molecule has 22 heavy (non-hydrogen) atoms. The summed E-state index contributed by atoms with van der Waals surface area (Å²) >= 11 is 0. The van der Waals surface area contributed by atoms with Crippen LogP contribution in [0, 0.1) is 13.8 Å². The summed E-state index contributed by atoms with van der Waals surface area (Å²) in [4.78, 5) is 12.0. The molecule has 2 rings (SSSR count). The first kappa shape index (κ1) is 15.9. The maximum absolute atomic E-state index is 12.0. The minimum atomic E-state index is -0.0900. The average molecular weight is 298 g/mol. The van der Waals surface area contributed by atoms with Crippen LogP contribution in [-0.4, -0.2) is 19.1 Å². The Labute approximate surface area is 131 Å². The Morgan fingerprint density at radius 1 is 1.05 bits per heavy atom. The van der Waals surface area contributed by atoms with Gasteiger partial charge in [0.25, 0.3) is 0 Å². The summed E-state index contributed by atoms with van der Waals surface area (Å²) < 4.78 is 5.42. The van der Waals surface area contributed by atoms with E-state index in [-0.39, 0.29) is 12.5 Å². The van der Waals surface area contributed by atoms with Gasteiger partial charge in [0.15, 0.2) is 0 Å². The number of aryl methyl sites for hydroxylation is 2. The van der Waals surface area contributed by atoms with Gasteiger partial charge in [0, 0.05) is 17.4 Å². The second-order valence-corrected chi connectivity index (χ2v) is 5.24. The standard InChI is InChI=1S/C18H22N2O2/c1-4-22-17-7-5-6-15(11-17)20-18(21)12-19-16-9-13(2)8-14(3)10-16/h5-11,19H,4,12H2,1-3H3,(H,20,21). The normalized spacial score (nSPS) is 10.1. The van der Waals surface area contributed by atoms with Crippen LogP contribution in [0.25, 0.3) is 0 Å². The van der Waals surface area contributed by atoms with E-state index in [1.807, 2.05) is 57.2 Å². The average Bonchev–Trinajstić information content (AvgIpc) is 2.45. The molecule has 0 aliphatic rings. The first-order valence-electron chi connectivity index (χ1n) is 7.41. The van der Waals surface area contributed by atoms with E-state index >= 15 is 0 Å². The molecule has 0 aliphatic heterocycles. The van der Waals surface area contributed by atoms with Crippen LogP contribution in [0.15, 0.2) is 42.5 Å². The van der Waals surface area contributed by atoms with Gasteiger partial charge in [-0.1, -0.05) is 12.1 Å². The van der Waals surface area contributed by atoms with E-state index in [4.69, 9.17) is 4.74 Å². The van der Waals surface area contributed by atoms with Gasteiger partial charge in [-0.05, 0) is 56.2 Å². The molecule has 0 saturated carbocycles. The van der Waals surface area contributed by atoms with Crippen molar-refractivity contribution >= 4 is 17.3 Å². The molecule has 0 spiro atoms. The van der Waals surface area contributed by atoms with Gasteiger partial charge >= 0.3 is 0 Å². The molecule has 2 aromatic rings. The predicted octanol–water partition coefficient (Wildman–Crippen LogP) is 3.75.